The van der Waals surface area contributed by atoms with Gasteiger partial charge in [0.1, 0.15) is 0 Å². The van der Waals surface area contributed by atoms with Crippen molar-refractivity contribution in [1.82, 2.24) is 0 Å². The molecule has 0 saturated heterocycles. The Labute approximate surface area is 249 Å². The smallest absolute Gasteiger partial charge is 0.309 e. The fourth-order valence-corrected chi connectivity index (χ4v) is 4.93. The van der Waals surface area contributed by atoms with Gasteiger partial charge in [-0.05, 0) is 93.7 Å². The van der Waals surface area contributed by atoms with Crippen molar-refractivity contribution in [3.8, 4) is 0 Å². The molecule has 0 fully saturated rings. The van der Waals surface area contributed by atoms with Crippen molar-refractivity contribution in [2.75, 3.05) is 6.61 Å². The lowest BCUT2D eigenvalue weighted by Crippen LogP contribution is -2.23. The molecule has 1 atom stereocenters. The highest BCUT2D eigenvalue weighted by Crippen LogP contribution is 2.35. The van der Waals surface area contributed by atoms with E-state index < -0.39 is 11.4 Å². The highest BCUT2D eigenvalue weighted by atomic mass is 16.4. The van der Waals surface area contributed by atoms with Crippen LogP contribution in [0, 0.1) is 11.3 Å². The number of aliphatic hydroxyl groups excluding tert-OH is 1. The maximum Gasteiger partial charge on any atom is 0.309 e. The molecule has 7 nitrogen and oxygen atoms in total. The van der Waals surface area contributed by atoms with E-state index in [4.69, 9.17) is 0 Å². The summed E-state index contributed by atoms with van der Waals surface area (Å²) in [6.45, 7) is 9.39. The average Bonchev–Trinajstić information content (AvgIpc) is 2.97. The summed E-state index contributed by atoms with van der Waals surface area (Å²) in [7, 11) is 0. The van der Waals surface area contributed by atoms with E-state index in [1.807, 2.05) is 20.8 Å². The highest BCUT2D eigenvalue weighted by molar-refractivity contribution is 6.40. The van der Waals surface area contributed by atoms with Gasteiger partial charge in [-0.2, -0.15) is 0 Å². The Morgan fingerprint density at radius 1 is 0.762 bits per heavy atom. The summed E-state index contributed by atoms with van der Waals surface area (Å²) >= 11 is 0. The quantitative estimate of drug-likeness (QED) is 0.191. The second-order valence-corrected chi connectivity index (χ2v) is 11.4. The molecule has 226 valence electrons. The Morgan fingerprint density at radius 3 is 1.64 bits per heavy atom. The van der Waals surface area contributed by atoms with Crippen LogP contribution in [-0.4, -0.2) is 45.9 Å². The van der Waals surface area contributed by atoms with Crippen LogP contribution in [0.25, 0.3) is 11.1 Å². The van der Waals surface area contributed by atoms with Crippen LogP contribution in [0.15, 0.2) is 59.7 Å². The zero-order chi connectivity index (χ0) is 31.4. The monoisotopic (exact) mass is 576 g/mol. The van der Waals surface area contributed by atoms with Crippen molar-refractivity contribution in [2.45, 2.75) is 86.0 Å². The number of carbonyl (C=O) groups excluding carboxylic acids is 4. The summed E-state index contributed by atoms with van der Waals surface area (Å²) in [6.07, 6.45) is 9.97. The first-order valence-electron chi connectivity index (χ1n) is 14.9. The lowest BCUT2D eigenvalue weighted by molar-refractivity contribution is -0.147. The lowest BCUT2D eigenvalue weighted by Gasteiger charge is -2.21. The molecule has 0 aromatic heterocycles. The summed E-state index contributed by atoms with van der Waals surface area (Å²) in [5, 5.41) is 18.5. The van der Waals surface area contributed by atoms with Gasteiger partial charge >= 0.3 is 5.97 Å². The number of carboxylic acid groups (broad SMARTS) is 1. The zero-order valence-corrected chi connectivity index (χ0v) is 25.5. The van der Waals surface area contributed by atoms with Crippen molar-refractivity contribution < 1.29 is 34.2 Å². The molecule has 0 bridgehead atoms. The van der Waals surface area contributed by atoms with Gasteiger partial charge in [0.2, 0.25) is 0 Å². The third-order valence-corrected chi connectivity index (χ3v) is 7.57. The predicted molar refractivity (Wildman–Crippen MR) is 165 cm³/mol. The molecule has 0 spiro atoms. The van der Waals surface area contributed by atoms with Gasteiger partial charge in [-0.1, -0.05) is 57.9 Å². The number of carbonyl (C=O) groups is 5. The maximum atomic E-state index is 13.5. The van der Waals surface area contributed by atoms with Gasteiger partial charge in [-0.3, -0.25) is 24.0 Å². The molecule has 2 N–H and O–H groups in total. The summed E-state index contributed by atoms with van der Waals surface area (Å²) in [5.74, 6) is -1.91. The Hall–Kier alpha value is -3.71. The number of unbranched alkanes of at least 4 members (excludes halogenated alkanes) is 2. The fraction of sp³-hybridized carbons (Fsp3) is 0.457. The highest BCUT2D eigenvalue weighted by Gasteiger charge is 2.30. The van der Waals surface area contributed by atoms with Crippen LogP contribution >= 0.6 is 0 Å². The summed E-state index contributed by atoms with van der Waals surface area (Å²) in [5.41, 5.74) is 1.13. The second kappa shape index (κ2) is 16.1. The van der Waals surface area contributed by atoms with E-state index in [2.05, 4.69) is 0 Å². The van der Waals surface area contributed by atoms with E-state index >= 15 is 0 Å². The van der Waals surface area contributed by atoms with Gasteiger partial charge in [0, 0.05) is 28.9 Å². The van der Waals surface area contributed by atoms with Gasteiger partial charge in [-0.25, -0.2) is 0 Å². The first-order valence-corrected chi connectivity index (χ1v) is 14.9. The van der Waals surface area contributed by atoms with Crippen LogP contribution in [0.5, 0.6) is 0 Å². The number of rotatable bonds is 14. The SMILES string of the molecule is CC.CC(CO)CCCCC1=CC(=O)C=C(c2ccccc2C2=CC(=O)C=C(CCCCC(C)(C)C(=O)O)C2=O)C1=O. The largest absolute Gasteiger partial charge is 0.481 e. The number of allylic oxidation sites excluding steroid dienone is 8. The van der Waals surface area contributed by atoms with Gasteiger partial charge in [0.25, 0.3) is 0 Å². The summed E-state index contributed by atoms with van der Waals surface area (Å²) in [6, 6.07) is 6.81. The van der Waals surface area contributed by atoms with E-state index in [1.165, 1.54) is 24.3 Å². The summed E-state index contributed by atoms with van der Waals surface area (Å²) < 4.78 is 0. The number of hydrogen-bond donors (Lipinski definition) is 2. The van der Waals surface area contributed by atoms with E-state index in [0.717, 1.165) is 12.8 Å². The number of Topliss-reactive ketones (excluding diaryl/α,β-unsaturated/α-hetero) is 2. The standard InChI is InChI=1S/C33H38O7.C2H6/c1-21(20-34)10-4-5-11-22-16-24(35)18-28(30(22)37)26-13-6-7-14-27(26)29-19-25(36)17-23(31(29)38)12-8-9-15-33(2,3)32(39)40;1-2/h6-7,13-14,16-19,21,34H,4-5,8-12,15,20H2,1-3H3,(H,39,40);1-2H3. The number of benzene rings is 1. The predicted octanol–water partition coefficient (Wildman–Crippen LogP) is 6.50. The molecule has 2 aliphatic rings. The summed E-state index contributed by atoms with van der Waals surface area (Å²) in [4.78, 5) is 63.5. The minimum Gasteiger partial charge on any atom is -0.481 e. The first kappa shape index (κ1) is 34.5. The molecule has 7 heteroatoms. The van der Waals surface area contributed by atoms with Crippen LogP contribution in [0.4, 0.5) is 0 Å². The van der Waals surface area contributed by atoms with E-state index in [1.54, 1.807) is 38.1 Å². The molecule has 2 aliphatic carbocycles. The van der Waals surface area contributed by atoms with Crippen LogP contribution in [0.1, 0.15) is 97.1 Å². The Kier molecular flexibility index (Phi) is 13.2. The molecule has 0 radical (unpaired) electrons. The topological polar surface area (TPSA) is 126 Å². The Morgan fingerprint density at radius 2 is 1.21 bits per heavy atom. The molecule has 1 aromatic rings. The van der Waals surface area contributed by atoms with Gasteiger partial charge in [0.05, 0.1) is 5.41 Å². The number of aliphatic hydroxyl groups is 1. The number of aliphatic carboxylic acids is 1. The number of ketones is 4. The molecule has 0 aliphatic heterocycles. The van der Waals surface area contributed by atoms with E-state index in [-0.39, 0.29) is 46.8 Å². The van der Waals surface area contributed by atoms with Crippen molar-refractivity contribution in [2.24, 2.45) is 11.3 Å². The second-order valence-electron chi connectivity index (χ2n) is 11.4. The van der Waals surface area contributed by atoms with Crippen LogP contribution < -0.4 is 0 Å². The molecular weight excluding hydrogens is 532 g/mol. The van der Waals surface area contributed by atoms with Crippen LogP contribution in [-0.2, 0) is 24.0 Å². The molecule has 1 aromatic carbocycles. The van der Waals surface area contributed by atoms with E-state index in [0.29, 0.717) is 60.8 Å². The fourth-order valence-electron chi connectivity index (χ4n) is 4.93. The minimum atomic E-state index is -0.878. The van der Waals surface area contributed by atoms with Crippen molar-refractivity contribution in [1.29, 1.82) is 0 Å². The van der Waals surface area contributed by atoms with Gasteiger partial charge in [0.15, 0.2) is 23.1 Å². The molecule has 3 rings (SSSR count). The average molecular weight is 577 g/mol. The van der Waals surface area contributed by atoms with Gasteiger partial charge < -0.3 is 10.2 Å². The number of hydrogen-bond acceptors (Lipinski definition) is 6. The van der Waals surface area contributed by atoms with Crippen molar-refractivity contribution in [3.63, 3.8) is 0 Å². The van der Waals surface area contributed by atoms with Crippen LogP contribution in [0.3, 0.4) is 0 Å². The lowest BCUT2D eigenvalue weighted by atomic mass is 9.81. The zero-order valence-electron chi connectivity index (χ0n) is 25.5. The minimum absolute atomic E-state index is 0.112. The Bertz CT molecular complexity index is 1320. The Balaban J connectivity index is 0.00000301. The molecule has 42 heavy (non-hydrogen) atoms. The van der Waals surface area contributed by atoms with Crippen LogP contribution in [0.2, 0.25) is 0 Å². The van der Waals surface area contributed by atoms with Gasteiger partial charge in [-0.15, -0.1) is 0 Å². The van der Waals surface area contributed by atoms with Crippen molar-refractivity contribution in [3.05, 3.63) is 70.8 Å². The third-order valence-electron chi connectivity index (χ3n) is 7.57. The maximum absolute atomic E-state index is 13.5. The molecule has 0 saturated carbocycles. The first-order chi connectivity index (χ1) is 19.9. The number of carboxylic acids is 1. The van der Waals surface area contributed by atoms with E-state index in [9.17, 15) is 34.2 Å². The molecule has 1 unspecified atom stereocenters. The molecule has 0 heterocycles. The third kappa shape index (κ3) is 9.15. The molecule has 0 amide bonds. The normalized spacial score (nSPS) is 16.1. The molecular formula is C35H44O7. The van der Waals surface area contributed by atoms with Crippen molar-refractivity contribution >= 4 is 40.2 Å².